The predicted octanol–water partition coefficient (Wildman–Crippen LogP) is 3.36. The summed E-state index contributed by atoms with van der Waals surface area (Å²) in [5, 5.41) is 3.27. The lowest BCUT2D eigenvalue weighted by Crippen LogP contribution is -2.29. The molecule has 0 aliphatic carbocycles. The van der Waals surface area contributed by atoms with E-state index in [1.165, 1.54) is 5.56 Å². The molecule has 0 aromatic heterocycles. The molecular formula is C17H16ClNO2. The maximum absolute atomic E-state index is 10.4. The molecule has 3 rings (SSSR count). The predicted molar refractivity (Wildman–Crippen MR) is 83.8 cm³/mol. The van der Waals surface area contributed by atoms with Crippen molar-refractivity contribution in [1.29, 1.82) is 0 Å². The topological polar surface area (TPSA) is 38.3 Å². The van der Waals surface area contributed by atoms with Crippen molar-refractivity contribution in [3.8, 4) is 16.9 Å². The van der Waals surface area contributed by atoms with Gasteiger partial charge in [0.15, 0.2) is 0 Å². The molecule has 1 amide bonds. The minimum atomic E-state index is -0.0454. The summed E-state index contributed by atoms with van der Waals surface area (Å²) in [4.78, 5) is 10.4. The normalized spacial score (nSPS) is 16.2. The third-order valence-corrected chi connectivity index (χ3v) is 3.95. The Morgan fingerprint density at radius 2 is 2.05 bits per heavy atom. The van der Waals surface area contributed by atoms with Crippen molar-refractivity contribution < 1.29 is 9.53 Å². The molecule has 2 aromatic rings. The summed E-state index contributed by atoms with van der Waals surface area (Å²) in [5.41, 5.74) is 4.55. The molecule has 21 heavy (non-hydrogen) atoms. The summed E-state index contributed by atoms with van der Waals surface area (Å²) in [6, 6.07) is 12.4. The van der Waals surface area contributed by atoms with E-state index in [1.54, 1.807) is 0 Å². The number of hydrogen-bond acceptors (Lipinski definition) is 2. The lowest BCUT2D eigenvalue weighted by molar-refractivity contribution is -0.109. The van der Waals surface area contributed by atoms with Gasteiger partial charge in [0.25, 0.3) is 0 Å². The number of hydrogen-bond donors (Lipinski definition) is 1. The monoisotopic (exact) mass is 301 g/mol. The number of rotatable bonds is 4. The molecule has 108 valence electrons. The van der Waals surface area contributed by atoms with Gasteiger partial charge in [-0.05, 0) is 30.2 Å². The van der Waals surface area contributed by atoms with Gasteiger partial charge >= 0.3 is 0 Å². The van der Waals surface area contributed by atoms with Crippen molar-refractivity contribution in [3.63, 3.8) is 0 Å². The van der Waals surface area contributed by atoms with Crippen LogP contribution in [0.5, 0.6) is 5.75 Å². The summed E-state index contributed by atoms with van der Waals surface area (Å²) in [5.74, 6) is 0.741. The first-order valence-electron chi connectivity index (χ1n) is 6.90. The molecule has 1 aliphatic heterocycles. The van der Waals surface area contributed by atoms with Gasteiger partial charge in [0.1, 0.15) is 11.9 Å². The standard InChI is InChI=1S/C17H16ClNO2/c1-11-2-4-12(5-3-11)13-6-14-7-15(9-19-10-20)21-17(14)16(18)8-13/h2-6,8,10,15H,7,9H2,1H3,(H,19,20). The van der Waals surface area contributed by atoms with Crippen molar-refractivity contribution in [2.45, 2.75) is 19.4 Å². The number of nitrogens with one attached hydrogen (secondary N) is 1. The van der Waals surface area contributed by atoms with E-state index in [1.807, 2.05) is 6.07 Å². The van der Waals surface area contributed by atoms with E-state index in [0.717, 1.165) is 28.9 Å². The lowest BCUT2D eigenvalue weighted by atomic mass is 10.00. The molecule has 1 aliphatic rings. The van der Waals surface area contributed by atoms with E-state index < -0.39 is 0 Å². The van der Waals surface area contributed by atoms with Crippen molar-refractivity contribution in [2.24, 2.45) is 0 Å². The Balaban J connectivity index is 1.89. The van der Waals surface area contributed by atoms with Crippen LogP contribution in [0.1, 0.15) is 11.1 Å². The third-order valence-electron chi connectivity index (χ3n) is 3.67. The van der Waals surface area contributed by atoms with Crippen molar-refractivity contribution in [3.05, 3.63) is 52.5 Å². The van der Waals surface area contributed by atoms with Crippen LogP contribution >= 0.6 is 11.6 Å². The molecule has 0 fully saturated rings. The fourth-order valence-corrected chi connectivity index (χ4v) is 2.88. The Labute approximate surface area is 128 Å². The Morgan fingerprint density at radius 3 is 2.76 bits per heavy atom. The van der Waals surface area contributed by atoms with Crippen molar-refractivity contribution in [1.82, 2.24) is 5.32 Å². The number of fused-ring (bicyclic) bond motifs is 1. The quantitative estimate of drug-likeness (QED) is 0.879. The maximum Gasteiger partial charge on any atom is 0.207 e. The van der Waals surface area contributed by atoms with Crippen LogP contribution in [0.15, 0.2) is 36.4 Å². The number of carbonyl (C=O) groups excluding carboxylic acids is 1. The van der Waals surface area contributed by atoms with E-state index in [4.69, 9.17) is 16.3 Å². The van der Waals surface area contributed by atoms with Gasteiger partial charge in [0, 0.05) is 12.0 Å². The SMILES string of the molecule is Cc1ccc(-c2cc(Cl)c3c(c2)CC(CNC=O)O3)cc1. The van der Waals surface area contributed by atoms with Crippen LogP contribution in [0.25, 0.3) is 11.1 Å². The van der Waals surface area contributed by atoms with Gasteiger partial charge in [-0.3, -0.25) is 4.79 Å². The van der Waals surface area contributed by atoms with E-state index >= 15 is 0 Å². The molecule has 0 bridgehead atoms. The number of benzene rings is 2. The molecule has 4 heteroatoms. The number of ether oxygens (including phenoxy) is 1. The zero-order chi connectivity index (χ0) is 14.8. The summed E-state index contributed by atoms with van der Waals surface area (Å²) in [7, 11) is 0. The molecule has 3 nitrogen and oxygen atoms in total. The average Bonchev–Trinajstić information content (AvgIpc) is 2.89. The average molecular weight is 302 g/mol. The van der Waals surface area contributed by atoms with Gasteiger partial charge in [0.05, 0.1) is 11.6 Å². The van der Waals surface area contributed by atoms with Crippen LogP contribution in [0.3, 0.4) is 0 Å². The second-order valence-electron chi connectivity index (χ2n) is 5.28. The Kier molecular flexibility index (Phi) is 3.84. The zero-order valence-electron chi connectivity index (χ0n) is 11.7. The van der Waals surface area contributed by atoms with E-state index in [-0.39, 0.29) is 6.10 Å². The summed E-state index contributed by atoms with van der Waals surface area (Å²) >= 11 is 6.34. The van der Waals surface area contributed by atoms with Crippen LogP contribution in [-0.2, 0) is 11.2 Å². The third kappa shape index (κ3) is 2.88. The van der Waals surface area contributed by atoms with E-state index in [0.29, 0.717) is 18.0 Å². The zero-order valence-corrected chi connectivity index (χ0v) is 12.5. The first kappa shape index (κ1) is 14.0. The van der Waals surface area contributed by atoms with Crippen LogP contribution in [0.2, 0.25) is 5.02 Å². The first-order chi connectivity index (χ1) is 10.2. The highest BCUT2D eigenvalue weighted by Gasteiger charge is 2.25. The first-order valence-corrected chi connectivity index (χ1v) is 7.28. The van der Waals surface area contributed by atoms with Gasteiger partial charge in [-0.25, -0.2) is 0 Å². The molecule has 1 atom stereocenters. The van der Waals surface area contributed by atoms with E-state index in [9.17, 15) is 4.79 Å². The maximum atomic E-state index is 10.4. The minimum Gasteiger partial charge on any atom is -0.486 e. The number of carbonyl (C=O) groups is 1. The minimum absolute atomic E-state index is 0.0454. The van der Waals surface area contributed by atoms with Gasteiger partial charge in [0.2, 0.25) is 6.41 Å². The second kappa shape index (κ2) is 5.78. The molecule has 0 saturated heterocycles. The Hall–Kier alpha value is -2.00. The van der Waals surface area contributed by atoms with E-state index in [2.05, 4.69) is 42.6 Å². The van der Waals surface area contributed by atoms with Gasteiger partial charge in [-0.15, -0.1) is 0 Å². The van der Waals surface area contributed by atoms with Crippen LogP contribution in [0, 0.1) is 6.92 Å². The fraction of sp³-hybridized carbons (Fsp3) is 0.235. The highest BCUT2D eigenvalue weighted by molar-refractivity contribution is 6.32. The second-order valence-corrected chi connectivity index (χ2v) is 5.69. The molecule has 1 heterocycles. The molecule has 2 aromatic carbocycles. The van der Waals surface area contributed by atoms with Gasteiger partial charge in [-0.2, -0.15) is 0 Å². The van der Waals surface area contributed by atoms with Crippen LogP contribution in [-0.4, -0.2) is 19.1 Å². The molecule has 1 unspecified atom stereocenters. The molecule has 0 radical (unpaired) electrons. The van der Waals surface area contributed by atoms with Crippen molar-refractivity contribution >= 4 is 18.0 Å². The lowest BCUT2D eigenvalue weighted by Gasteiger charge is -2.10. The molecule has 1 N–H and O–H groups in total. The van der Waals surface area contributed by atoms with Crippen molar-refractivity contribution in [2.75, 3.05) is 6.54 Å². The summed E-state index contributed by atoms with van der Waals surface area (Å²) in [6.45, 7) is 2.56. The molecule has 0 spiro atoms. The van der Waals surface area contributed by atoms with Gasteiger partial charge < -0.3 is 10.1 Å². The Bertz CT molecular complexity index is 667. The summed E-state index contributed by atoms with van der Waals surface area (Å²) in [6.07, 6.45) is 1.40. The number of halogens is 1. The Morgan fingerprint density at radius 1 is 1.29 bits per heavy atom. The highest BCUT2D eigenvalue weighted by Crippen LogP contribution is 2.39. The largest absolute Gasteiger partial charge is 0.486 e. The summed E-state index contributed by atoms with van der Waals surface area (Å²) < 4.78 is 5.80. The number of aryl methyl sites for hydroxylation is 1. The molecule has 0 saturated carbocycles. The molecular weight excluding hydrogens is 286 g/mol. The van der Waals surface area contributed by atoms with Crippen LogP contribution in [0.4, 0.5) is 0 Å². The fourth-order valence-electron chi connectivity index (χ4n) is 2.59. The number of amides is 1. The smallest absolute Gasteiger partial charge is 0.207 e. The van der Waals surface area contributed by atoms with Gasteiger partial charge in [-0.1, -0.05) is 41.4 Å². The highest BCUT2D eigenvalue weighted by atomic mass is 35.5. The van der Waals surface area contributed by atoms with Crippen LogP contribution < -0.4 is 10.1 Å².